The average molecular weight is 395 g/mol. The lowest BCUT2D eigenvalue weighted by Crippen LogP contribution is -2.17. The van der Waals surface area contributed by atoms with Crippen LogP contribution in [0.1, 0.15) is 40.5 Å². The van der Waals surface area contributed by atoms with E-state index in [-0.39, 0.29) is 17.2 Å². The quantitative estimate of drug-likeness (QED) is 0.619. The number of aromatic nitrogens is 1. The van der Waals surface area contributed by atoms with Gasteiger partial charge in [-0.1, -0.05) is 43.3 Å². The van der Waals surface area contributed by atoms with Gasteiger partial charge < -0.3 is 9.84 Å². The molecule has 1 heterocycles. The number of fused-ring (bicyclic) bond motifs is 2. The number of ether oxygens (including phenoxy) is 1. The first-order chi connectivity index (χ1) is 13.9. The Kier molecular flexibility index (Phi) is 5.01. The van der Waals surface area contributed by atoms with Crippen molar-refractivity contribution in [3.63, 3.8) is 0 Å². The fourth-order valence-corrected chi connectivity index (χ4v) is 3.97. The number of para-hydroxylation sites is 2. The number of carbonyl (C=O) groups is 1. The molecule has 0 amide bonds. The number of rotatable bonds is 4. The molecule has 3 aromatic rings. The van der Waals surface area contributed by atoms with Crippen LogP contribution in [0, 0.1) is 5.92 Å². The largest absolute Gasteiger partial charge is 0.478 e. The smallest absolute Gasteiger partial charge is 0.387 e. The molecular formula is C23H19F2NO3. The minimum atomic E-state index is -2.92. The molecule has 29 heavy (non-hydrogen) atoms. The zero-order valence-corrected chi connectivity index (χ0v) is 15.7. The number of halogens is 2. The second-order valence-electron chi connectivity index (χ2n) is 7.24. The van der Waals surface area contributed by atoms with E-state index >= 15 is 0 Å². The van der Waals surface area contributed by atoms with E-state index in [4.69, 9.17) is 4.98 Å². The number of hydrogen-bond acceptors (Lipinski definition) is 3. The second kappa shape index (κ2) is 7.62. The third-order valence-corrected chi connectivity index (χ3v) is 5.10. The van der Waals surface area contributed by atoms with Gasteiger partial charge in [-0.05, 0) is 48.1 Å². The minimum Gasteiger partial charge on any atom is -0.478 e. The van der Waals surface area contributed by atoms with Gasteiger partial charge in [-0.25, -0.2) is 9.78 Å². The molecule has 0 unspecified atom stereocenters. The molecule has 0 bridgehead atoms. The summed E-state index contributed by atoms with van der Waals surface area (Å²) in [5, 5.41) is 10.5. The van der Waals surface area contributed by atoms with Gasteiger partial charge in [0.05, 0.1) is 16.8 Å². The molecule has 1 aromatic heterocycles. The van der Waals surface area contributed by atoms with Gasteiger partial charge in [0.2, 0.25) is 0 Å². The van der Waals surface area contributed by atoms with Crippen molar-refractivity contribution in [2.24, 2.45) is 5.92 Å². The minimum absolute atomic E-state index is 0.0778. The van der Waals surface area contributed by atoms with Crippen molar-refractivity contribution in [3.8, 4) is 5.75 Å². The molecule has 0 aliphatic heterocycles. The van der Waals surface area contributed by atoms with Crippen LogP contribution in [0.2, 0.25) is 0 Å². The molecule has 1 atom stereocenters. The predicted molar refractivity (Wildman–Crippen MR) is 107 cm³/mol. The highest BCUT2D eigenvalue weighted by Gasteiger charge is 2.28. The summed E-state index contributed by atoms with van der Waals surface area (Å²) in [7, 11) is 0. The molecule has 1 N–H and O–H groups in total. The summed E-state index contributed by atoms with van der Waals surface area (Å²) in [4.78, 5) is 16.8. The normalized spacial score (nSPS) is 17.5. The first kappa shape index (κ1) is 19.1. The van der Waals surface area contributed by atoms with Gasteiger partial charge >= 0.3 is 12.6 Å². The van der Waals surface area contributed by atoms with Crippen LogP contribution in [0.3, 0.4) is 0 Å². The Balaban J connectivity index is 1.94. The van der Waals surface area contributed by atoms with Gasteiger partial charge in [0.1, 0.15) is 5.75 Å². The van der Waals surface area contributed by atoms with Crippen molar-refractivity contribution in [2.75, 3.05) is 0 Å². The Morgan fingerprint density at radius 2 is 1.90 bits per heavy atom. The summed E-state index contributed by atoms with van der Waals surface area (Å²) in [6.07, 6.45) is 3.04. The zero-order valence-electron chi connectivity index (χ0n) is 15.7. The molecular weight excluding hydrogens is 376 g/mol. The molecule has 148 valence electrons. The Hall–Kier alpha value is -3.28. The van der Waals surface area contributed by atoms with Crippen LogP contribution in [0.25, 0.3) is 22.6 Å². The molecule has 0 radical (unpaired) electrons. The first-order valence-electron chi connectivity index (χ1n) is 9.33. The number of hydrogen-bond donors (Lipinski definition) is 1. The topological polar surface area (TPSA) is 59.4 Å². The first-order valence-corrected chi connectivity index (χ1v) is 9.33. The van der Waals surface area contributed by atoms with Crippen LogP contribution in [0.5, 0.6) is 5.75 Å². The van der Waals surface area contributed by atoms with Crippen LogP contribution >= 0.6 is 0 Å². The Morgan fingerprint density at radius 1 is 1.17 bits per heavy atom. The number of carboxylic acids is 1. The van der Waals surface area contributed by atoms with E-state index in [2.05, 4.69) is 4.74 Å². The van der Waals surface area contributed by atoms with Crippen LogP contribution < -0.4 is 4.74 Å². The highest BCUT2D eigenvalue weighted by molar-refractivity contribution is 6.06. The number of benzene rings is 2. The van der Waals surface area contributed by atoms with Crippen molar-refractivity contribution in [1.29, 1.82) is 0 Å². The molecule has 0 fully saturated rings. The molecule has 0 spiro atoms. The SMILES string of the molecule is C[C@H]1C/C(=C/c2ccccc2OC(F)F)c2nc3ccccc3c(C(=O)O)c2C1. The van der Waals surface area contributed by atoms with Crippen LogP contribution in [0.4, 0.5) is 8.78 Å². The second-order valence-corrected chi connectivity index (χ2v) is 7.24. The van der Waals surface area contributed by atoms with Crippen molar-refractivity contribution >= 4 is 28.5 Å². The Morgan fingerprint density at radius 3 is 2.66 bits per heavy atom. The molecule has 1 aliphatic rings. The predicted octanol–water partition coefficient (Wildman–Crippen LogP) is 5.66. The summed E-state index contributed by atoms with van der Waals surface area (Å²) >= 11 is 0. The standard InChI is InChI=1S/C23H19F2NO3/c1-13-10-15(12-14-6-2-5-9-19(14)29-23(24)25)21-17(11-13)20(22(27)28)16-7-3-4-8-18(16)26-21/h2-9,12-13,23H,10-11H2,1H3,(H,27,28)/b15-12-/t13-/m0/s1. The third-order valence-electron chi connectivity index (χ3n) is 5.10. The summed E-state index contributed by atoms with van der Waals surface area (Å²) in [5.74, 6) is -0.721. The molecule has 4 nitrogen and oxygen atoms in total. The molecule has 4 rings (SSSR count). The van der Waals surface area contributed by atoms with Gasteiger partial charge in [0.25, 0.3) is 0 Å². The van der Waals surface area contributed by atoms with Gasteiger partial charge in [-0.3, -0.25) is 0 Å². The zero-order chi connectivity index (χ0) is 20.5. The number of nitrogens with zero attached hydrogens (tertiary/aromatic N) is 1. The lowest BCUT2D eigenvalue weighted by molar-refractivity contribution is -0.0499. The molecule has 1 aliphatic carbocycles. The highest BCUT2D eigenvalue weighted by Crippen LogP contribution is 2.39. The number of pyridine rings is 1. The summed E-state index contributed by atoms with van der Waals surface area (Å²) in [6.45, 7) is -0.882. The van der Waals surface area contributed by atoms with Crippen LogP contribution in [-0.2, 0) is 6.42 Å². The van der Waals surface area contributed by atoms with E-state index in [0.717, 1.165) is 5.57 Å². The molecule has 6 heteroatoms. The summed E-state index contributed by atoms with van der Waals surface area (Å²) in [6, 6.07) is 13.7. The van der Waals surface area contributed by atoms with E-state index < -0.39 is 12.6 Å². The highest BCUT2D eigenvalue weighted by atomic mass is 19.3. The number of allylic oxidation sites excluding steroid dienone is 1. The lowest BCUT2D eigenvalue weighted by Gasteiger charge is -2.26. The third kappa shape index (κ3) is 3.70. The molecule has 0 saturated carbocycles. The van der Waals surface area contributed by atoms with Gasteiger partial charge in [-0.2, -0.15) is 8.78 Å². The number of carboxylic acid groups (broad SMARTS) is 1. The van der Waals surface area contributed by atoms with Crippen molar-refractivity contribution < 1.29 is 23.4 Å². The van der Waals surface area contributed by atoms with Gasteiger partial charge in [0.15, 0.2) is 0 Å². The molecule has 0 saturated heterocycles. The van der Waals surface area contributed by atoms with Crippen molar-refractivity contribution in [3.05, 3.63) is 70.9 Å². The van der Waals surface area contributed by atoms with Crippen LogP contribution in [0.15, 0.2) is 48.5 Å². The van der Waals surface area contributed by atoms with E-state index in [1.54, 1.807) is 42.5 Å². The number of aromatic carboxylic acids is 1. The monoisotopic (exact) mass is 395 g/mol. The van der Waals surface area contributed by atoms with E-state index in [1.807, 2.05) is 13.0 Å². The summed E-state index contributed by atoms with van der Waals surface area (Å²) in [5.41, 5.74) is 3.49. The fourth-order valence-electron chi connectivity index (χ4n) is 3.97. The van der Waals surface area contributed by atoms with E-state index in [1.165, 1.54) is 6.07 Å². The summed E-state index contributed by atoms with van der Waals surface area (Å²) < 4.78 is 30.2. The fraction of sp³-hybridized carbons (Fsp3) is 0.217. The number of alkyl halides is 2. The van der Waals surface area contributed by atoms with E-state index in [0.29, 0.717) is 40.6 Å². The van der Waals surface area contributed by atoms with Crippen LogP contribution in [-0.4, -0.2) is 22.7 Å². The Labute approximate surface area is 166 Å². The maximum atomic E-state index is 12.8. The van der Waals surface area contributed by atoms with Crippen molar-refractivity contribution in [2.45, 2.75) is 26.4 Å². The van der Waals surface area contributed by atoms with E-state index in [9.17, 15) is 18.7 Å². The van der Waals surface area contributed by atoms with Crippen molar-refractivity contribution in [1.82, 2.24) is 4.98 Å². The van der Waals surface area contributed by atoms with Gasteiger partial charge in [0, 0.05) is 10.9 Å². The average Bonchev–Trinajstić information content (AvgIpc) is 2.67. The molecule has 2 aromatic carbocycles. The van der Waals surface area contributed by atoms with Gasteiger partial charge in [-0.15, -0.1) is 0 Å². The maximum absolute atomic E-state index is 12.8. The maximum Gasteiger partial charge on any atom is 0.387 e. The Bertz CT molecular complexity index is 1120. The lowest BCUT2D eigenvalue weighted by atomic mass is 9.80.